The molecule has 0 aromatic carbocycles. The normalized spacial score (nSPS) is 12.6. The highest BCUT2D eigenvalue weighted by Crippen LogP contribution is 2.28. The fraction of sp³-hybridized carbons (Fsp3) is 0.500. The van der Waals surface area contributed by atoms with E-state index >= 15 is 0 Å². The number of aromatic nitrogens is 3. The van der Waals surface area contributed by atoms with Crippen molar-refractivity contribution in [3.05, 3.63) is 28.5 Å². The molecule has 2 rings (SSSR count). The Hall–Kier alpha value is -1.40. The SMILES string of the molecule is CCn1ncnc1CC(NC)c1cc(OC)cs1. The summed E-state index contributed by atoms with van der Waals surface area (Å²) in [6.45, 7) is 2.92. The molecular formula is C12H18N4OS. The quantitative estimate of drug-likeness (QED) is 0.867. The molecule has 0 saturated heterocycles. The maximum atomic E-state index is 5.22. The van der Waals surface area contributed by atoms with Gasteiger partial charge in [0, 0.05) is 29.3 Å². The highest BCUT2D eigenvalue weighted by atomic mass is 32.1. The van der Waals surface area contributed by atoms with E-state index < -0.39 is 0 Å². The maximum absolute atomic E-state index is 5.22. The molecule has 0 aliphatic heterocycles. The van der Waals surface area contributed by atoms with Crippen molar-refractivity contribution in [2.45, 2.75) is 25.9 Å². The third-order valence-corrected chi connectivity index (χ3v) is 3.93. The van der Waals surface area contributed by atoms with E-state index in [9.17, 15) is 0 Å². The van der Waals surface area contributed by atoms with E-state index in [1.165, 1.54) is 4.88 Å². The Morgan fingerprint density at radius 1 is 1.56 bits per heavy atom. The number of hydrogen-bond acceptors (Lipinski definition) is 5. The summed E-state index contributed by atoms with van der Waals surface area (Å²) in [6.07, 6.45) is 2.44. The van der Waals surface area contributed by atoms with Crippen molar-refractivity contribution in [1.82, 2.24) is 20.1 Å². The molecule has 2 aromatic rings. The Balaban J connectivity index is 2.14. The van der Waals surface area contributed by atoms with Gasteiger partial charge in [0.15, 0.2) is 0 Å². The topological polar surface area (TPSA) is 52.0 Å². The summed E-state index contributed by atoms with van der Waals surface area (Å²) in [7, 11) is 3.65. The maximum Gasteiger partial charge on any atom is 0.138 e. The number of ether oxygens (including phenoxy) is 1. The summed E-state index contributed by atoms with van der Waals surface area (Å²) < 4.78 is 7.14. The molecule has 0 spiro atoms. The van der Waals surface area contributed by atoms with Crippen molar-refractivity contribution in [3.63, 3.8) is 0 Å². The Bertz CT molecular complexity index is 494. The van der Waals surface area contributed by atoms with Gasteiger partial charge in [-0.05, 0) is 20.0 Å². The fourth-order valence-corrected chi connectivity index (χ4v) is 2.83. The lowest BCUT2D eigenvalue weighted by atomic mass is 10.1. The Morgan fingerprint density at radius 3 is 3.00 bits per heavy atom. The first kappa shape index (κ1) is 13.0. The lowest BCUT2D eigenvalue weighted by Gasteiger charge is -2.14. The third kappa shape index (κ3) is 2.70. The lowest BCUT2D eigenvalue weighted by Crippen LogP contribution is -2.20. The summed E-state index contributed by atoms with van der Waals surface area (Å²) in [4.78, 5) is 5.56. The van der Waals surface area contributed by atoms with E-state index in [0.717, 1.165) is 24.5 Å². The summed E-state index contributed by atoms with van der Waals surface area (Å²) in [5.74, 6) is 1.91. The fourth-order valence-electron chi connectivity index (χ4n) is 1.86. The van der Waals surface area contributed by atoms with Crippen molar-refractivity contribution in [3.8, 4) is 5.75 Å². The standard InChI is InChI=1S/C12H18N4OS/c1-4-16-12(14-8-15-16)6-10(13-2)11-5-9(17-3)7-18-11/h5,7-8,10,13H,4,6H2,1-3H3. The first-order valence-electron chi connectivity index (χ1n) is 5.94. The van der Waals surface area contributed by atoms with Crippen LogP contribution >= 0.6 is 11.3 Å². The predicted octanol–water partition coefficient (Wildman–Crippen LogP) is 1.87. The second kappa shape index (κ2) is 5.97. The number of nitrogens with zero attached hydrogens (tertiary/aromatic N) is 3. The zero-order valence-corrected chi connectivity index (χ0v) is 11.7. The molecule has 1 N–H and O–H groups in total. The molecule has 5 nitrogen and oxygen atoms in total. The van der Waals surface area contributed by atoms with Crippen LogP contribution in [0.4, 0.5) is 0 Å². The molecule has 0 aliphatic rings. The second-order valence-corrected chi connectivity index (χ2v) is 4.87. The van der Waals surface area contributed by atoms with Crippen molar-refractivity contribution < 1.29 is 4.74 Å². The van der Waals surface area contributed by atoms with Crippen molar-refractivity contribution in [1.29, 1.82) is 0 Å². The van der Waals surface area contributed by atoms with Crippen LogP contribution in [0, 0.1) is 0 Å². The van der Waals surface area contributed by atoms with Crippen molar-refractivity contribution >= 4 is 11.3 Å². The monoisotopic (exact) mass is 266 g/mol. The molecule has 2 heterocycles. The summed E-state index contributed by atoms with van der Waals surface area (Å²) in [6, 6.07) is 2.31. The van der Waals surface area contributed by atoms with Crippen LogP contribution in [0.25, 0.3) is 0 Å². The van der Waals surface area contributed by atoms with Gasteiger partial charge in [-0.25, -0.2) is 4.98 Å². The molecule has 0 bridgehead atoms. The molecule has 0 radical (unpaired) electrons. The zero-order chi connectivity index (χ0) is 13.0. The number of methoxy groups -OCH3 is 1. The Kier molecular flexibility index (Phi) is 4.33. The number of rotatable bonds is 6. The van der Waals surface area contributed by atoms with Gasteiger partial charge in [-0.3, -0.25) is 4.68 Å². The van der Waals surface area contributed by atoms with E-state index in [-0.39, 0.29) is 6.04 Å². The minimum atomic E-state index is 0.244. The molecule has 1 unspecified atom stereocenters. The number of likely N-dealkylation sites (N-methyl/N-ethyl adjacent to an activating group) is 1. The molecule has 0 saturated carbocycles. The van der Waals surface area contributed by atoms with Gasteiger partial charge >= 0.3 is 0 Å². The van der Waals surface area contributed by atoms with Gasteiger partial charge < -0.3 is 10.1 Å². The summed E-state index contributed by atoms with van der Waals surface area (Å²) in [5.41, 5.74) is 0. The van der Waals surface area contributed by atoms with Gasteiger partial charge in [-0.2, -0.15) is 5.10 Å². The summed E-state index contributed by atoms with van der Waals surface area (Å²) >= 11 is 1.70. The van der Waals surface area contributed by atoms with Crippen LogP contribution in [0.3, 0.4) is 0 Å². The molecule has 6 heteroatoms. The molecule has 2 aromatic heterocycles. The van der Waals surface area contributed by atoms with Crippen LogP contribution in [-0.2, 0) is 13.0 Å². The largest absolute Gasteiger partial charge is 0.496 e. The highest BCUT2D eigenvalue weighted by Gasteiger charge is 2.16. The van der Waals surface area contributed by atoms with E-state index in [4.69, 9.17) is 4.74 Å². The van der Waals surface area contributed by atoms with Crippen molar-refractivity contribution in [2.24, 2.45) is 0 Å². The lowest BCUT2D eigenvalue weighted by molar-refractivity contribution is 0.415. The van der Waals surface area contributed by atoms with Crippen LogP contribution in [0.1, 0.15) is 23.7 Å². The van der Waals surface area contributed by atoms with Crippen LogP contribution in [0.2, 0.25) is 0 Å². The molecule has 0 aliphatic carbocycles. The molecule has 0 fully saturated rings. The van der Waals surface area contributed by atoms with Gasteiger partial charge in [0.2, 0.25) is 0 Å². The smallest absolute Gasteiger partial charge is 0.138 e. The predicted molar refractivity (Wildman–Crippen MR) is 72.1 cm³/mol. The van der Waals surface area contributed by atoms with Crippen LogP contribution in [-0.4, -0.2) is 28.9 Å². The zero-order valence-electron chi connectivity index (χ0n) is 10.9. The molecule has 98 valence electrons. The van der Waals surface area contributed by atoms with Crippen molar-refractivity contribution in [2.75, 3.05) is 14.2 Å². The van der Waals surface area contributed by atoms with Crippen LogP contribution in [0.15, 0.2) is 17.8 Å². The summed E-state index contributed by atoms with van der Waals surface area (Å²) in [5, 5.41) is 9.53. The van der Waals surface area contributed by atoms with Crippen LogP contribution < -0.4 is 10.1 Å². The van der Waals surface area contributed by atoms with Crippen LogP contribution in [0.5, 0.6) is 5.75 Å². The van der Waals surface area contributed by atoms with E-state index in [1.807, 2.05) is 17.1 Å². The number of hydrogen-bond donors (Lipinski definition) is 1. The minimum absolute atomic E-state index is 0.244. The Morgan fingerprint density at radius 2 is 2.39 bits per heavy atom. The first-order valence-corrected chi connectivity index (χ1v) is 6.82. The second-order valence-electron chi connectivity index (χ2n) is 3.93. The average Bonchev–Trinajstić information content (AvgIpc) is 3.04. The van der Waals surface area contributed by atoms with Gasteiger partial charge in [0.05, 0.1) is 7.11 Å². The van der Waals surface area contributed by atoms with E-state index in [2.05, 4.69) is 28.4 Å². The number of nitrogens with one attached hydrogen (secondary N) is 1. The number of aryl methyl sites for hydroxylation is 1. The first-order chi connectivity index (χ1) is 8.78. The molecular weight excluding hydrogens is 248 g/mol. The van der Waals surface area contributed by atoms with E-state index in [0.29, 0.717) is 0 Å². The molecule has 1 atom stereocenters. The van der Waals surface area contributed by atoms with Gasteiger partial charge in [-0.1, -0.05) is 0 Å². The van der Waals surface area contributed by atoms with Gasteiger partial charge in [0.1, 0.15) is 17.9 Å². The number of thiophene rings is 1. The van der Waals surface area contributed by atoms with E-state index in [1.54, 1.807) is 24.8 Å². The average molecular weight is 266 g/mol. The highest BCUT2D eigenvalue weighted by molar-refractivity contribution is 7.10. The van der Waals surface area contributed by atoms with Gasteiger partial charge in [0.25, 0.3) is 0 Å². The third-order valence-electron chi connectivity index (χ3n) is 2.91. The molecule has 18 heavy (non-hydrogen) atoms. The Labute approximate surface area is 111 Å². The molecule has 0 amide bonds. The minimum Gasteiger partial charge on any atom is -0.496 e. The van der Waals surface area contributed by atoms with Gasteiger partial charge in [-0.15, -0.1) is 11.3 Å².